The Morgan fingerprint density at radius 3 is 2.85 bits per heavy atom. The molecule has 2 aromatic heterocycles. The molecule has 0 aliphatic heterocycles. The van der Waals surface area contributed by atoms with Gasteiger partial charge in [0.1, 0.15) is 0 Å². The van der Waals surface area contributed by atoms with Gasteiger partial charge in [0.05, 0.1) is 5.56 Å². The van der Waals surface area contributed by atoms with Gasteiger partial charge in [0.15, 0.2) is 11.8 Å². The number of aromatic nitrogens is 2. The lowest BCUT2D eigenvalue weighted by Crippen LogP contribution is -2.19. The van der Waals surface area contributed by atoms with Gasteiger partial charge in [-0.05, 0) is 36.8 Å². The van der Waals surface area contributed by atoms with Crippen LogP contribution < -0.4 is 0 Å². The number of para-hydroxylation sites is 1. The summed E-state index contributed by atoms with van der Waals surface area (Å²) in [7, 11) is 0. The van der Waals surface area contributed by atoms with E-state index in [-0.39, 0.29) is 23.6 Å². The van der Waals surface area contributed by atoms with Crippen LogP contribution in [0.2, 0.25) is 0 Å². The zero-order valence-corrected chi connectivity index (χ0v) is 14.5. The number of aryl methyl sites for hydroxylation is 1. The number of fused-ring (bicyclic) bond motifs is 10. The number of aromatic hydroxyl groups is 2. The van der Waals surface area contributed by atoms with Crippen molar-refractivity contribution in [3.05, 3.63) is 58.8 Å². The second-order valence-corrected chi connectivity index (χ2v) is 7.83. The highest BCUT2D eigenvalue weighted by atomic mass is 16.3. The summed E-state index contributed by atoms with van der Waals surface area (Å²) in [5.74, 6) is 0.987. The summed E-state index contributed by atoms with van der Waals surface area (Å²) in [5, 5.41) is 22.3. The topological polar surface area (TPSA) is 72.0 Å². The van der Waals surface area contributed by atoms with Gasteiger partial charge in [-0.1, -0.05) is 36.4 Å². The summed E-state index contributed by atoms with van der Waals surface area (Å²) >= 11 is 0. The Morgan fingerprint density at radius 2 is 1.96 bits per heavy atom. The summed E-state index contributed by atoms with van der Waals surface area (Å²) in [6.45, 7) is 2.11. The Kier molecular flexibility index (Phi) is 2.55. The highest BCUT2D eigenvalue weighted by Gasteiger charge is 2.47. The first-order valence-electron chi connectivity index (χ1n) is 9.28. The van der Waals surface area contributed by atoms with Crippen LogP contribution in [0, 0.1) is 12.8 Å². The van der Waals surface area contributed by atoms with Gasteiger partial charge in [-0.3, -0.25) is 4.98 Å². The van der Waals surface area contributed by atoms with Crippen molar-refractivity contribution < 1.29 is 10.2 Å². The average molecular weight is 344 g/mol. The molecule has 3 aliphatic rings. The van der Waals surface area contributed by atoms with Crippen LogP contribution >= 0.6 is 0 Å². The Hall–Kier alpha value is -2.88. The molecule has 0 fully saturated rings. The first-order chi connectivity index (χ1) is 12.6. The van der Waals surface area contributed by atoms with E-state index in [1.54, 1.807) is 0 Å². The van der Waals surface area contributed by atoms with Crippen LogP contribution in [0.4, 0.5) is 0 Å². The van der Waals surface area contributed by atoms with E-state index in [1.807, 2.05) is 0 Å². The quantitative estimate of drug-likeness (QED) is 0.465. The maximum absolute atomic E-state index is 10.6. The van der Waals surface area contributed by atoms with Gasteiger partial charge >= 0.3 is 0 Å². The fourth-order valence-corrected chi connectivity index (χ4v) is 5.53. The van der Waals surface area contributed by atoms with E-state index in [2.05, 4.69) is 53.3 Å². The van der Waals surface area contributed by atoms with Crippen molar-refractivity contribution in [2.24, 2.45) is 5.92 Å². The van der Waals surface area contributed by atoms with Crippen molar-refractivity contribution in [1.82, 2.24) is 9.97 Å². The van der Waals surface area contributed by atoms with Crippen molar-refractivity contribution in [2.75, 3.05) is 0 Å². The van der Waals surface area contributed by atoms with E-state index < -0.39 is 0 Å². The number of aromatic amines is 2. The molecule has 0 radical (unpaired) electrons. The molecular weight excluding hydrogens is 324 g/mol. The first kappa shape index (κ1) is 14.3. The minimum atomic E-state index is 0.0587. The Labute approximate surface area is 150 Å². The molecule has 0 amide bonds. The highest BCUT2D eigenvalue weighted by Crippen LogP contribution is 2.62. The Bertz CT molecular complexity index is 1140. The van der Waals surface area contributed by atoms with Crippen molar-refractivity contribution >= 4 is 10.9 Å². The molecule has 6 rings (SSSR count). The summed E-state index contributed by atoms with van der Waals surface area (Å²) in [6, 6.07) is 6.27. The van der Waals surface area contributed by atoms with Crippen LogP contribution in [-0.4, -0.2) is 20.2 Å². The number of hydrogen-bond acceptors (Lipinski definition) is 2. The van der Waals surface area contributed by atoms with Gasteiger partial charge in [0.2, 0.25) is 0 Å². The van der Waals surface area contributed by atoms with Crippen LogP contribution in [0.5, 0.6) is 11.8 Å². The third-order valence-electron chi connectivity index (χ3n) is 6.56. The van der Waals surface area contributed by atoms with Gasteiger partial charge in [-0.2, -0.15) is 0 Å². The maximum Gasteiger partial charge on any atom is 0.199 e. The molecule has 4 heteroatoms. The van der Waals surface area contributed by atoms with Gasteiger partial charge in [-0.15, -0.1) is 0 Å². The molecule has 130 valence electrons. The summed E-state index contributed by atoms with van der Waals surface area (Å²) < 4.78 is 0. The number of hydrogen-bond donors (Lipinski definition) is 4. The smallest absolute Gasteiger partial charge is 0.199 e. The zero-order valence-electron chi connectivity index (χ0n) is 14.5. The molecule has 4 nitrogen and oxygen atoms in total. The van der Waals surface area contributed by atoms with Crippen LogP contribution in [0.15, 0.2) is 42.0 Å². The largest absolute Gasteiger partial charge is 0.494 e. The molecule has 3 aliphatic carbocycles. The predicted octanol–water partition coefficient (Wildman–Crippen LogP) is 4.97. The molecule has 26 heavy (non-hydrogen) atoms. The fraction of sp³-hybridized carbons (Fsp3) is 0.273. The van der Waals surface area contributed by atoms with Gasteiger partial charge in [0.25, 0.3) is 0 Å². The van der Waals surface area contributed by atoms with E-state index in [0.29, 0.717) is 5.92 Å². The van der Waals surface area contributed by atoms with Crippen LogP contribution in [-0.2, 0) is 0 Å². The maximum atomic E-state index is 10.6. The SMILES string of the molecule is Cc1cccc2c3c([nH]c12)C1C2CCC=CC2=CC1c1c(O)[nH]c(O)c1-3. The standard InChI is InChI=1S/C22H20N2O2/c1-10-5-4-8-13-16-18-17(21(25)24-22(18)26)14-9-11-6-2-3-7-12(11)15(14)20(16)23-19(10)13/h2,4-6,8-9,12,14-15,23-26H,3,7H2,1H3. The minimum Gasteiger partial charge on any atom is -0.494 e. The third kappa shape index (κ3) is 1.56. The number of benzene rings is 1. The molecule has 0 saturated carbocycles. The second kappa shape index (κ2) is 4.64. The van der Waals surface area contributed by atoms with Crippen LogP contribution in [0.1, 0.15) is 41.5 Å². The average Bonchev–Trinajstić information content (AvgIpc) is 3.27. The molecule has 4 N–H and O–H groups in total. The van der Waals surface area contributed by atoms with E-state index in [0.717, 1.165) is 40.4 Å². The molecule has 3 atom stereocenters. The number of rotatable bonds is 0. The third-order valence-corrected chi connectivity index (χ3v) is 6.56. The molecule has 1 aromatic carbocycles. The van der Waals surface area contributed by atoms with Crippen molar-refractivity contribution in [2.45, 2.75) is 31.6 Å². The lowest BCUT2D eigenvalue weighted by atomic mass is 9.71. The van der Waals surface area contributed by atoms with Crippen molar-refractivity contribution in [3.63, 3.8) is 0 Å². The summed E-state index contributed by atoms with van der Waals surface area (Å²) in [5.41, 5.74) is 7.55. The van der Waals surface area contributed by atoms with E-state index in [9.17, 15) is 10.2 Å². The molecule has 0 saturated heterocycles. The van der Waals surface area contributed by atoms with Crippen molar-refractivity contribution in [1.29, 1.82) is 0 Å². The van der Waals surface area contributed by atoms with Crippen molar-refractivity contribution in [3.8, 4) is 22.9 Å². The summed E-state index contributed by atoms with van der Waals surface area (Å²) in [4.78, 5) is 6.47. The first-order valence-corrected chi connectivity index (χ1v) is 9.28. The monoisotopic (exact) mass is 344 g/mol. The summed E-state index contributed by atoms with van der Waals surface area (Å²) in [6.07, 6.45) is 8.99. The van der Waals surface area contributed by atoms with Gasteiger partial charge < -0.3 is 15.2 Å². The molecule has 0 bridgehead atoms. The fourth-order valence-electron chi connectivity index (χ4n) is 5.53. The molecule has 3 aromatic rings. The van der Waals surface area contributed by atoms with Gasteiger partial charge in [0, 0.05) is 39.6 Å². The lowest BCUT2D eigenvalue weighted by Gasteiger charge is -2.31. The lowest BCUT2D eigenvalue weighted by molar-refractivity contribution is 0.414. The van der Waals surface area contributed by atoms with E-state index >= 15 is 0 Å². The molecule has 3 unspecified atom stereocenters. The predicted molar refractivity (Wildman–Crippen MR) is 102 cm³/mol. The van der Waals surface area contributed by atoms with Crippen LogP contribution in [0.3, 0.4) is 0 Å². The zero-order chi connectivity index (χ0) is 17.6. The Morgan fingerprint density at radius 1 is 1.08 bits per heavy atom. The van der Waals surface area contributed by atoms with E-state index in [4.69, 9.17) is 0 Å². The Balaban J connectivity index is 1.74. The van der Waals surface area contributed by atoms with Gasteiger partial charge in [-0.25, -0.2) is 0 Å². The molecular formula is C22H20N2O2. The van der Waals surface area contributed by atoms with Crippen LogP contribution in [0.25, 0.3) is 22.0 Å². The van der Waals surface area contributed by atoms with E-state index in [1.165, 1.54) is 16.8 Å². The minimum absolute atomic E-state index is 0.0587. The second-order valence-electron chi connectivity index (χ2n) is 7.83. The highest BCUT2D eigenvalue weighted by molar-refractivity contribution is 6.03. The molecule has 0 spiro atoms. The number of allylic oxidation sites excluding steroid dienone is 4. The normalized spacial score (nSPS) is 25.6. The molecule has 2 heterocycles. The number of nitrogens with one attached hydrogen (secondary N) is 2. The number of H-pyrrole nitrogens is 2.